The van der Waals surface area contributed by atoms with Gasteiger partial charge in [-0.2, -0.15) is 0 Å². The van der Waals surface area contributed by atoms with Crippen molar-refractivity contribution in [3.05, 3.63) is 47.2 Å². The monoisotopic (exact) mass is 283 g/mol. The molecule has 2 aliphatic rings. The van der Waals surface area contributed by atoms with Crippen LogP contribution in [0.15, 0.2) is 41.6 Å². The third-order valence-electron chi connectivity index (χ3n) is 5.01. The van der Waals surface area contributed by atoms with Crippen molar-refractivity contribution in [1.29, 1.82) is 0 Å². The number of rotatable bonds is 3. The summed E-state index contributed by atoms with van der Waals surface area (Å²) < 4.78 is 0. The van der Waals surface area contributed by atoms with Crippen LogP contribution in [0, 0.1) is 17.3 Å². The van der Waals surface area contributed by atoms with Gasteiger partial charge in [-0.15, -0.1) is 0 Å². The quantitative estimate of drug-likeness (QED) is 0.867. The lowest BCUT2D eigenvalue weighted by atomic mass is 9.95. The van der Waals surface area contributed by atoms with Gasteiger partial charge in [0.15, 0.2) is 5.78 Å². The Morgan fingerprint density at radius 2 is 1.95 bits per heavy atom. The van der Waals surface area contributed by atoms with E-state index in [4.69, 9.17) is 0 Å². The summed E-state index contributed by atoms with van der Waals surface area (Å²) >= 11 is 0. The largest absolute Gasteiger partial charge is 0.329 e. The van der Waals surface area contributed by atoms with Crippen LogP contribution in [0.1, 0.15) is 32.8 Å². The second-order valence-corrected chi connectivity index (χ2v) is 6.78. The lowest BCUT2D eigenvalue weighted by molar-refractivity contribution is -0.119. The van der Waals surface area contributed by atoms with E-state index in [0.717, 1.165) is 16.8 Å². The second-order valence-electron chi connectivity index (χ2n) is 6.78. The van der Waals surface area contributed by atoms with Gasteiger partial charge in [-0.25, -0.2) is 0 Å². The third kappa shape index (κ3) is 2.41. The van der Waals surface area contributed by atoms with Crippen molar-refractivity contribution in [2.45, 2.75) is 33.6 Å². The van der Waals surface area contributed by atoms with Crippen LogP contribution in [-0.2, 0) is 16.0 Å². The summed E-state index contributed by atoms with van der Waals surface area (Å²) in [6.07, 6.45) is 0.982. The van der Waals surface area contributed by atoms with Crippen LogP contribution in [0.25, 0.3) is 0 Å². The molecule has 0 radical (unpaired) electrons. The molecule has 3 nitrogen and oxygen atoms in total. The van der Waals surface area contributed by atoms with Crippen molar-refractivity contribution in [2.24, 2.45) is 17.3 Å². The standard InChI is InChI=1S/C18H21NO2/c1-11(16-14(20)10-13-17(16)18(13,2)3)19-15(21)9-12-7-5-4-6-8-12/h4-8,13,17H,9-10H2,1-3H3,(H,19,21). The zero-order chi connectivity index (χ0) is 15.2. The Bertz CT molecular complexity index is 628. The maximum Gasteiger partial charge on any atom is 0.228 e. The number of ketones is 1. The lowest BCUT2D eigenvalue weighted by Gasteiger charge is -2.13. The first-order valence-electron chi connectivity index (χ1n) is 7.49. The topological polar surface area (TPSA) is 46.2 Å². The first-order chi connectivity index (χ1) is 9.91. The molecule has 0 spiro atoms. The first kappa shape index (κ1) is 14.1. The Kier molecular flexibility index (Phi) is 3.23. The minimum Gasteiger partial charge on any atom is -0.329 e. The summed E-state index contributed by atoms with van der Waals surface area (Å²) in [5.74, 6) is 0.964. The van der Waals surface area contributed by atoms with E-state index in [1.807, 2.05) is 37.3 Å². The molecule has 3 rings (SSSR count). The average molecular weight is 283 g/mol. The Morgan fingerprint density at radius 1 is 1.29 bits per heavy atom. The fraction of sp³-hybridized carbons (Fsp3) is 0.444. The molecule has 21 heavy (non-hydrogen) atoms. The van der Waals surface area contributed by atoms with Gasteiger partial charge in [0, 0.05) is 17.7 Å². The molecule has 1 aromatic rings. The van der Waals surface area contributed by atoms with E-state index in [9.17, 15) is 9.59 Å². The van der Waals surface area contributed by atoms with Crippen molar-refractivity contribution in [1.82, 2.24) is 5.32 Å². The smallest absolute Gasteiger partial charge is 0.228 e. The fourth-order valence-corrected chi connectivity index (χ4v) is 3.73. The van der Waals surface area contributed by atoms with Crippen LogP contribution in [0.2, 0.25) is 0 Å². The number of hydrogen-bond donors (Lipinski definition) is 1. The maximum absolute atomic E-state index is 12.1. The normalized spacial score (nSPS) is 28.0. The maximum atomic E-state index is 12.1. The number of Topliss-reactive ketones (excluding diaryl/α,β-unsaturated/α-hetero) is 1. The van der Waals surface area contributed by atoms with Gasteiger partial charge < -0.3 is 5.32 Å². The summed E-state index contributed by atoms with van der Waals surface area (Å²) in [6.45, 7) is 6.26. The molecular weight excluding hydrogens is 262 g/mol. The summed E-state index contributed by atoms with van der Waals surface area (Å²) in [5, 5.41) is 2.92. The number of hydrogen-bond acceptors (Lipinski definition) is 2. The minimum absolute atomic E-state index is 0.0547. The highest BCUT2D eigenvalue weighted by molar-refractivity contribution is 6.01. The molecule has 110 valence electrons. The zero-order valence-corrected chi connectivity index (χ0v) is 12.8. The van der Waals surface area contributed by atoms with Gasteiger partial charge in [-0.05, 0) is 29.7 Å². The minimum atomic E-state index is -0.0547. The molecule has 2 atom stereocenters. The molecule has 3 heteroatoms. The molecule has 0 saturated heterocycles. The van der Waals surface area contributed by atoms with Gasteiger partial charge in [0.25, 0.3) is 0 Å². The van der Waals surface area contributed by atoms with Crippen LogP contribution in [0.3, 0.4) is 0 Å². The molecule has 1 aromatic carbocycles. The Balaban J connectivity index is 1.71. The number of amides is 1. The van der Waals surface area contributed by atoms with Crippen LogP contribution in [-0.4, -0.2) is 11.7 Å². The van der Waals surface area contributed by atoms with E-state index in [0.29, 0.717) is 24.7 Å². The molecule has 2 fully saturated rings. The summed E-state index contributed by atoms with van der Waals surface area (Å²) in [6, 6.07) is 9.64. The van der Waals surface area contributed by atoms with Gasteiger partial charge in [-0.3, -0.25) is 9.59 Å². The number of fused-ring (bicyclic) bond motifs is 1. The number of allylic oxidation sites excluding steroid dienone is 2. The molecule has 2 unspecified atom stereocenters. The number of carbonyl (C=O) groups excluding carboxylic acids is 2. The predicted octanol–water partition coefficient (Wildman–Crippen LogP) is 2.86. The van der Waals surface area contributed by atoms with Crippen LogP contribution in [0.5, 0.6) is 0 Å². The Hall–Kier alpha value is -1.90. The van der Waals surface area contributed by atoms with Crippen LogP contribution >= 0.6 is 0 Å². The first-order valence-corrected chi connectivity index (χ1v) is 7.49. The van der Waals surface area contributed by atoms with Crippen molar-refractivity contribution >= 4 is 11.7 Å². The molecule has 0 bridgehead atoms. The van der Waals surface area contributed by atoms with Gasteiger partial charge >= 0.3 is 0 Å². The number of nitrogens with one attached hydrogen (secondary N) is 1. The van der Waals surface area contributed by atoms with Gasteiger partial charge in [0.2, 0.25) is 5.91 Å². The average Bonchev–Trinajstić information content (AvgIpc) is 2.79. The third-order valence-corrected chi connectivity index (χ3v) is 5.01. The second kappa shape index (κ2) is 4.83. The summed E-state index contributed by atoms with van der Waals surface area (Å²) in [4.78, 5) is 24.2. The van der Waals surface area contributed by atoms with E-state index in [1.165, 1.54) is 0 Å². The lowest BCUT2D eigenvalue weighted by Crippen LogP contribution is -2.26. The predicted molar refractivity (Wildman–Crippen MR) is 81.4 cm³/mol. The van der Waals surface area contributed by atoms with Crippen LogP contribution < -0.4 is 5.32 Å². The molecule has 2 aliphatic carbocycles. The van der Waals surface area contributed by atoms with Crippen molar-refractivity contribution in [3.8, 4) is 0 Å². The molecule has 0 heterocycles. The van der Waals surface area contributed by atoms with E-state index in [1.54, 1.807) is 0 Å². The molecule has 0 aliphatic heterocycles. The van der Waals surface area contributed by atoms with E-state index >= 15 is 0 Å². The summed E-state index contributed by atoms with van der Waals surface area (Å²) in [5.41, 5.74) is 2.80. The van der Waals surface area contributed by atoms with Gasteiger partial charge in [-0.1, -0.05) is 44.2 Å². The Labute approximate surface area is 125 Å². The molecule has 2 saturated carbocycles. The van der Waals surface area contributed by atoms with Crippen molar-refractivity contribution < 1.29 is 9.59 Å². The zero-order valence-electron chi connectivity index (χ0n) is 12.8. The van der Waals surface area contributed by atoms with Gasteiger partial charge in [0.1, 0.15) is 0 Å². The number of benzene rings is 1. The highest BCUT2D eigenvalue weighted by atomic mass is 16.1. The van der Waals surface area contributed by atoms with E-state index in [2.05, 4.69) is 19.2 Å². The van der Waals surface area contributed by atoms with Crippen molar-refractivity contribution in [2.75, 3.05) is 0 Å². The fourth-order valence-electron chi connectivity index (χ4n) is 3.73. The van der Waals surface area contributed by atoms with Crippen molar-refractivity contribution in [3.63, 3.8) is 0 Å². The van der Waals surface area contributed by atoms with E-state index in [-0.39, 0.29) is 17.1 Å². The molecule has 1 N–H and O–H groups in total. The molecular formula is C18H21NO2. The SMILES string of the molecule is CC(NC(=O)Cc1ccccc1)=C1C(=O)CC2C1C2(C)C. The van der Waals surface area contributed by atoms with Crippen LogP contribution in [0.4, 0.5) is 0 Å². The Morgan fingerprint density at radius 3 is 2.57 bits per heavy atom. The van der Waals surface area contributed by atoms with E-state index < -0.39 is 0 Å². The summed E-state index contributed by atoms with van der Waals surface area (Å²) in [7, 11) is 0. The highest BCUT2D eigenvalue weighted by Crippen LogP contribution is 2.68. The molecule has 0 aromatic heterocycles. The number of carbonyl (C=O) groups is 2. The van der Waals surface area contributed by atoms with Gasteiger partial charge in [0.05, 0.1) is 6.42 Å². The molecule has 1 amide bonds. The highest BCUT2D eigenvalue weighted by Gasteiger charge is 2.65.